The van der Waals surface area contributed by atoms with Gasteiger partial charge in [0.2, 0.25) is 5.91 Å². The fraction of sp³-hybridized carbons (Fsp3) is 0.533. The molecule has 1 heterocycles. The van der Waals surface area contributed by atoms with E-state index in [0.29, 0.717) is 17.0 Å². The molecular formula is C15H17Cl2N3O3S2. The third-order valence-corrected chi connectivity index (χ3v) is 7.10. The van der Waals surface area contributed by atoms with E-state index in [-0.39, 0.29) is 11.0 Å². The van der Waals surface area contributed by atoms with E-state index in [2.05, 4.69) is 16.2 Å². The van der Waals surface area contributed by atoms with E-state index in [1.54, 1.807) is 6.92 Å². The Hall–Kier alpha value is -1.09. The number of aryl methyl sites for hydroxylation is 1. The van der Waals surface area contributed by atoms with Gasteiger partial charge in [0, 0.05) is 4.88 Å². The Morgan fingerprint density at radius 2 is 1.96 bits per heavy atom. The number of rotatable bonds is 3. The predicted octanol–water partition coefficient (Wildman–Crippen LogP) is 2.92. The Kier molecular flexibility index (Phi) is 4.91. The summed E-state index contributed by atoms with van der Waals surface area (Å²) in [7, 11) is 1.35. The molecule has 1 amide bonds. The van der Waals surface area contributed by atoms with Crippen LogP contribution < -0.4 is 16.2 Å². The van der Waals surface area contributed by atoms with Gasteiger partial charge in [-0.15, -0.1) is 34.5 Å². The van der Waals surface area contributed by atoms with Crippen LogP contribution in [0.2, 0.25) is 0 Å². The van der Waals surface area contributed by atoms with Crippen LogP contribution in [-0.4, -0.2) is 28.4 Å². The highest BCUT2D eigenvalue weighted by Gasteiger charge is 2.68. The van der Waals surface area contributed by atoms with Gasteiger partial charge in [-0.25, -0.2) is 4.79 Å². The van der Waals surface area contributed by atoms with Crippen molar-refractivity contribution in [3.8, 4) is 0 Å². The molecule has 1 aromatic rings. The minimum atomic E-state index is -1.06. The third-order valence-electron chi connectivity index (χ3n) is 4.59. The lowest BCUT2D eigenvalue weighted by Gasteiger charge is -2.15. The van der Waals surface area contributed by atoms with E-state index in [1.165, 1.54) is 18.4 Å². The molecule has 10 heteroatoms. The first-order chi connectivity index (χ1) is 11.7. The van der Waals surface area contributed by atoms with Crippen LogP contribution in [0.15, 0.2) is 0 Å². The van der Waals surface area contributed by atoms with Gasteiger partial charge in [0.15, 0.2) is 5.11 Å². The number of thiocarbonyl (C=S) groups is 1. The molecule has 0 spiro atoms. The van der Waals surface area contributed by atoms with Crippen LogP contribution >= 0.6 is 46.8 Å². The molecule has 2 aliphatic rings. The number of alkyl halides is 2. The third kappa shape index (κ3) is 3.32. The number of hydrogen-bond donors (Lipinski definition) is 3. The van der Waals surface area contributed by atoms with Crippen molar-refractivity contribution in [3.63, 3.8) is 0 Å². The minimum Gasteiger partial charge on any atom is -0.465 e. The zero-order chi connectivity index (χ0) is 18.4. The number of hydrogen-bond acceptors (Lipinski definition) is 5. The molecular weight excluding hydrogens is 405 g/mol. The smallest absolute Gasteiger partial charge is 0.341 e. The summed E-state index contributed by atoms with van der Waals surface area (Å²) >= 11 is 18.6. The number of esters is 1. The highest BCUT2D eigenvalue weighted by molar-refractivity contribution is 7.80. The predicted molar refractivity (Wildman–Crippen MR) is 102 cm³/mol. The average molecular weight is 422 g/mol. The van der Waals surface area contributed by atoms with Gasteiger partial charge >= 0.3 is 5.97 Å². The van der Waals surface area contributed by atoms with Gasteiger partial charge in [-0.3, -0.25) is 15.6 Å². The standard InChI is InChI=1S/C15H17Cl2N3O3S2/c1-14(6-15(14,16)17)12(22)19-20-13(24)18-10-9(11(21)23-2)7-4-3-5-8(7)25-10/h3-6H2,1-2H3,(H,19,22)(H2,18,20,24). The van der Waals surface area contributed by atoms with Gasteiger partial charge < -0.3 is 10.1 Å². The summed E-state index contributed by atoms with van der Waals surface area (Å²) in [5.74, 6) is -0.739. The topological polar surface area (TPSA) is 79.5 Å². The molecule has 0 radical (unpaired) electrons. The van der Waals surface area contributed by atoms with Crippen molar-refractivity contribution < 1.29 is 14.3 Å². The zero-order valence-corrected chi connectivity index (χ0v) is 16.8. The number of ether oxygens (including phenoxy) is 1. The molecule has 6 nitrogen and oxygen atoms in total. The van der Waals surface area contributed by atoms with E-state index < -0.39 is 15.7 Å². The average Bonchev–Trinajstić information content (AvgIpc) is 2.88. The molecule has 0 aliphatic heterocycles. The van der Waals surface area contributed by atoms with Gasteiger partial charge in [0.25, 0.3) is 0 Å². The number of nitrogens with one attached hydrogen (secondary N) is 3. The summed E-state index contributed by atoms with van der Waals surface area (Å²) in [5.41, 5.74) is 5.81. The van der Waals surface area contributed by atoms with E-state index in [1.807, 2.05) is 0 Å². The number of carbonyl (C=O) groups is 2. The maximum Gasteiger partial charge on any atom is 0.341 e. The van der Waals surface area contributed by atoms with E-state index in [9.17, 15) is 9.59 Å². The van der Waals surface area contributed by atoms with Crippen LogP contribution in [0.3, 0.4) is 0 Å². The van der Waals surface area contributed by atoms with Crippen LogP contribution in [0.4, 0.5) is 5.00 Å². The van der Waals surface area contributed by atoms with Crippen LogP contribution in [0.25, 0.3) is 0 Å². The SMILES string of the molecule is COC(=O)c1c(NC(=S)NNC(=O)C2(C)CC2(Cl)Cl)sc2c1CCC2. The van der Waals surface area contributed by atoms with Crippen molar-refractivity contribution in [1.82, 2.24) is 10.9 Å². The summed E-state index contributed by atoms with van der Waals surface area (Å²) in [6.07, 6.45) is 3.19. The lowest BCUT2D eigenvalue weighted by atomic mass is 10.1. The molecule has 1 aromatic heterocycles. The van der Waals surface area contributed by atoms with Crippen molar-refractivity contribution in [2.45, 2.75) is 36.9 Å². The van der Waals surface area contributed by atoms with Crippen molar-refractivity contribution in [2.75, 3.05) is 12.4 Å². The molecule has 25 heavy (non-hydrogen) atoms. The van der Waals surface area contributed by atoms with E-state index in [4.69, 9.17) is 40.2 Å². The van der Waals surface area contributed by atoms with Crippen LogP contribution in [-0.2, 0) is 22.4 Å². The second kappa shape index (κ2) is 6.57. The molecule has 1 atom stereocenters. The first-order valence-corrected chi connectivity index (χ1v) is 9.66. The highest BCUT2D eigenvalue weighted by Crippen LogP contribution is 2.63. The van der Waals surface area contributed by atoms with E-state index in [0.717, 1.165) is 29.7 Å². The molecule has 2 aliphatic carbocycles. The Balaban J connectivity index is 1.64. The lowest BCUT2D eigenvalue weighted by molar-refractivity contribution is -0.126. The maximum absolute atomic E-state index is 12.1. The molecule has 0 aromatic carbocycles. The number of anilines is 1. The summed E-state index contributed by atoms with van der Waals surface area (Å²) in [5, 5.41) is 3.74. The first-order valence-electron chi connectivity index (χ1n) is 7.68. The second-order valence-electron chi connectivity index (χ2n) is 6.30. The Morgan fingerprint density at radius 3 is 2.56 bits per heavy atom. The van der Waals surface area contributed by atoms with Gasteiger partial charge in [-0.1, -0.05) is 0 Å². The quantitative estimate of drug-likeness (QED) is 0.301. The summed E-state index contributed by atoms with van der Waals surface area (Å²) < 4.78 is 3.83. The molecule has 3 N–H and O–H groups in total. The number of thiophene rings is 1. The Morgan fingerprint density at radius 1 is 1.28 bits per heavy atom. The monoisotopic (exact) mass is 421 g/mol. The number of fused-ring (bicyclic) bond motifs is 1. The second-order valence-corrected chi connectivity index (χ2v) is 9.30. The number of hydrazine groups is 1. The normalized spacial score (nSPS) is 22.7. The molecule has 0 bridgehead atoms. The van der Waals surface area contributed by atoms with Crippen LogP contribution in [0.5, 0.6) is 0 Å². The van der Waals surface area contributed by atoms with Gasteiger partial charge in [-0.2, -0.15) is 0 Å². The van der Waals surface area contributed by atoms with E-state index >= 15 is 0 Å². The summed E-state index contributed by atoms with van der Waals surface area (Å²) in [6.45, 7) is 1.68. The van der Waals surface area contributed by atoms with Crippen LogP contribution in [0, 0.1) is 5.41 Å². The number of carbonyl (C=O) groups excluding carboxylic acids is 2. The molecule has 1 unspecified atom stereocenters. The van der Waals surface area contributed by atoms with Crippen LogP contribution in [0.1, 0.15) is 40.6 Å². The van der Waals surface area contributed by atoms with Gasteiger partial charge in [0.1, 0.15) is 9.33 Å². The molecule has 1 fully saturated rings. The zero-order valence-electron chi connectivity index (χ0n) is 13.6. The number of halogens is 2. The van der Waals surface area contributed by atoms with Crippen molar-refractivity contribution in [1.29, 1.82) is 0 Å². The minimum absolute atomic E-state index is 0.164. The number of methoxy groups -OCH3 is 1. The first kappa shape index (κ1) is 18.7. The fourth-order valence-corrected chi connectivity index (χ4v) is 5.05. The number of amides is 1. The molecule has 3 rings (SSSR count). The van der Waals surface area contributed by atoms with Gasteiger partial charge in [-0.05, 0) is 50.4 Å². The Bertz CT molecular complexity index is 765. The van der Waals surface area contributed by atoms with Gasteiger partial charge in [0.05, 0.1) is 18.1 Å². The largest absolute Gasteiger partial charge is 0.465 e. The highest BCUT2D eigenvalue weighted by atomic mass is 35.5. The summed E-state index contributed by atoms with van der Waals surface area (Å²) in [6, 6.07) is 0. The maximum atomic E-state index is 12.1. The van der Waals surface area contributed by atoms with Crippen molar-refractivity contribution >= 4 is 68.7 Å². The Labute approximate surface area is 164 Å². The molecule has 1 saturated carbocycles. The van der Waals surface area contributed by atoms with Crippen molar-refractivity contribution in [3.05, 3.63) is 16.0 Å². The lowest BCUT2D eigenvalue weighted by Crippen LogP contribution is -2.47. The fourth-order valence-electron chi connectivity index (χ4n) is 2.84. The summed E-state index contributed by atoms with van der Waals surface area (Å²) in [4.78, 5) is 25.4. The molecule has 0 saturated heterocycles. The van der Waals surface area contributed by atoms with Crippen molar-refractivity contribution in [2.24, 2.45) is 5.41 Å². The molecule has 136 valence electrons.